The van der Waals surface area contributed by atoms with E-state index in [0.717, 1.165) is 17.6 Å². The van der Waals surface area contributed by atoms with Gasteiger partial charge in [-0.25, -0.2) is 4.79 Å². The molecule has 124 valence electrons. The number of aromatic amines is 1. The number of H-pyrrole nitrogens is 1. The molecule has 6 nitrogen and oxygen atoms in total. The van der Waals surface area contributed by atoms with E-state index < -0.39 is 0 Å². The highest BCUT2D eigenvalue weighted by Gasteiger charge is 2.32. The van der Waals surface area contributed by atoms with Crippen molar-refractivity contribution >= 4 is 22.8 Å². The Morgan fingerprint density at radius 2 is 2.08 bits per heavy atom. The number of urea groups is 1. The van der Waals surface area contributed by atoms with Crippen molar-refractivity contribution in [1.82, 2.24) is 20.5 Å². The largest absolute Gasteiger partial charge is 0.357 e. The summed E-state index contributed by atoms with van der Waals surface area (Å²) in [5.74, 6) is -0.0168. The Bertz CT molecular complexity index is 880. The summed E-state index contributed by atoms with van der Waals surface area (Å²) in [4.78, 5) is 29.8. The maximum Gasteiger partial charge on any atom is 0.319 e. The predicted octanol–water partition coefficient (Wildman–Crippen LogP) is 2.03. The molecule has 0 saturated heterocycles. The molecule has 3 N–H and O–H groups in total. The van der Waals surface area contributed by atoms with E-state index in [4.69, 9.17) is 0 Å². The van der Waals surface area contributed by atoms with Gasteiger partial charge < -0.3 is 20.5 Å². The maximum atomic E-state index is 13.0. The van der Waals surface area contributed by atoms with Gasteiger partial charge in [0.05, 0.1) is 18.2 Å². The highest BCUT2D eigenvalue weighted by atomic mass is 16.2. The monoisotopic (exact) mass is 324 g/mol. The number of rotatable bonds is 1. The molecule has 0 aliphatic carbocycles. The lowest BCUT2D eigenvalue weighted by atomic mass is 9.99. The lowest BCUT2D eigenvalue weighted by Crippen LogP contribution is -2.51. The fourth-order valence-corrected chi connectivity index (χ4v) is 3.75. The van der Waals surface area contributed by atoms with Crippen LogP contribution in [0.3, 0.4) is 0 Å². The van der Waals surface area contributed by atoms with Crippen LogP contribution in [0.4, 0.5) is 4.79 Å². The molecule has 2 aliphatic heterocycles. The predicted molar refractivity (Wildman–Crippen MR) is 91.2 cm³/mol. The molecule has 4 rings (SSSR count). The second-order valence-electron chi connectivity index (χ2n) is 6.46. The van der Waals surface area contributed by atoms with Crippen LogP contribution in [0.25, 0.3) is 10.9 Å². The third-order valence-corrected chi connectivity index (χ3v) is 4.89. The van der Waals surface area contributed by atoms with E-state index in [2.05, 4.69) is 27.8 Å². The van der Waals surface area contributed by atoms with Crippen LogP contribution in [0.5, 0.6) is 0 Å². The van der Waals surface area contributed by atoms with Crippen LogP contribution in [0.2, 0.25) is 0 Å². The van der Waals surface area contributed by atoms with Crippen LogP contribution < -0.4 is 10.6 Å². The second kappa shape index (κ2) is 5.40. The summed E-state index contributed by atoms with van der Waals surface area (Å²) in [5, 5.41) is 6.70. The number of fused-ring (bicyclic) bond motifs is 3. The molecule has 0 spiro atoms. The van der Waals surface area contributed by atoms with Crippen molar-refractivity contribution in [3.63, 3.8) is 0 Å². The first-order valence-corrected chi connectivity index (χ1v) is 8.20. The van der Waals surface area contributed by atoms with Gasteiger partial charge in [-0.3, -0.25) is 4.79 Å². The number of amides is 3. The molecule has 0 unspecified atom stereocenters. The number of carbonyl (C=O) groups excluding carboxylic acids is 2. The Kier molecular flexibility index (Phi) is 3.33. The van der Waals surface area contributed by atoms with E-state index in [-0.39, 0.29) is 18.0 Å². The van der Waals surface area contributed by atoms with E-state index in [1.54, 1.807) is 6.92 Å². The van der Waals surface area contributed by atoms with Crippen molar-refractivity contribution < 1.29 is 9.59 Å². The zero-order chi connectivity index (χ0) is 16.8. The van der Waals surface area contributed by atoms with Crippen LogP contribution in [-0.2, 0) is 17.8 Å². The summed E-state index contributed by atoms with van der Waals surface area (Å²) in [7, 11) is 0. The van der Waals surface area contributed by atoms with Gasteiger partial charge in [0, 0.05) is 28.8 Å². The van der Waals surface area contributed by atoms with Crippen LogP contribution >= 0.6 is 0 Å². The van der Waals surface area contributed by atoms with E-state index in [1.165, 1.54) is 10.9 Å². The summed E-state index contributed by atoms with van der Waals surface area (Å²) in [6.07, 6.45) is 0.839. The van der Waals surface area contributed by atoms with Crippen LogP contribution in [0, 0.1) is 0 Å². The Morgan fingerprint density at radius 3 is 2.88 bits per heavy atom. The number of aromatic nitrogens is 1. The van der Waals surface area contributed by atoms with E-state index in [1.807, 2.05) is 24.0 Å². The SMILES string of the molecule is CC1=C(C(=O)N2CCc3c([nH]c4ccccc34)C2)[C@@H](C)NC(=O)N1. The molecule has 0 saturated carbocycles. The Hall–Kier alpha value is -2.76. The maximum absolute atomic E-state index is 13.0. The minimum Gasteiger partial charge on any atom is -0.357 e. The van der Waals surface area contributed by atoms with Crippen molar-refractivity contribution in [2.75, 3.05) is 6.54 Å². The lowest BCUT2D eigenvalue weighted by molar-refractivity contribution is -0.128. The zero-order valence-corrected chi connectivity index (χ0v) is 13.8. The fourth-order valence-electron chi connectivity index (χ4n) is 3.75. The number of hydrogen-bond acceptors (Lipinski definition) is 2. The summed E-state index contributed by atoms with van der Waals surface area (Å²) in [6.45, 7) is 4.87. The van der Waals surface area contributed by atoms with Crippen molar-refractivity contribution in [2.45, 2.75) is 32.9 Å². The first-order chi connectivity index (χ1) is 11.5. The molecule has 0 fully saturated rings. The lowest BCUT2D eigenvalue weighted by Gasteiger charge is -2.32. The molecule has 3 amide bonds. The number of benzene rings is 1. The molecular weight excluding hydrogens is 304 g/mol. The van der Waals surface area contributed by atoms with Gasteiger partial charge in [-0.1, -0.05) is 18.2 Å². The second-order valence-corrected chi connectivity index (χ2v) is 6.46. The van der Waals surface area contributed by atoms with Crippen LogP contribution in [-0.4, -0.2) is 34.4 Å². The number of para-hydroxylation sites is 1. The van der Waals surface area contributed by atoms with Gasteiger partial charge in [0.2, 0.25) is 0 Å². The van der Waals surface area contributed by atoms with Gasteiger partial charge >= 0.3 is 6.03 Å². The Morgan fingerprint density at radius 1 is 1.29 bits per heavy atom. The first-order valence-electron chi connectivity index (χ1n) is 8.20. The molecule has 2 aliphatic rings. The van der Waals surface area contributed by atoms with E-state index >= 15 is 0 Å². The molecular formula is C18H20N4O2. The third kappa shape index (κ3) is 2.26. The molecule has 0 radical (unpaired) electrons. The average molecular weight is 324 g/mol. The number of carbonyl (C=O) groups is 2. The number of allylic oxidation sites excluding steroid dienone is 1. The van der Waals surface area contributed by atoms with Crippen molar-refractivity contribution in [1.29, 1.82) is 0 Å². The van der Waals surface area contributed by atoms with Gasteiger partial charge in [0.15, 0.2) is 0 Å². The molecule has 0 bridgehead atoms. The summed E-state index contributed by atoms with van der Waals surface area (Å²) in [6, 6.07) is 7.70. The number of hydrogen-bond donors (Lipinski definition) is 3. The number of nitrogens with one attached hydrogen (secondary N) is 3. The van der Waals surface area contributed by atoms with Gasteiger partial charge in [-0.2, -0.15) is 0 Å². The van der Waals surface area contributed by atoms with Gasteiger partial charge in [-0.15, -0.1) is 0 Å². The Balaban J connectivity index is 1.64. The highest BCUT2D eigenvalue weighted by Crippen LogP contribution is 2.28. The summed E-state index contributed by atoms with van der Waals surface area (Å²) in [5.41, 5.74) is 4.80. The molecule has 2 aromatic rings. The van der Waals surface area contributed by atoms with Crippen molar-refractivity contribution in [3.8, 4) is 0 Å². The smallest absolute Gasteiger partial charge is 0.319 e. The molecule has 1 aromatic carbocycles. The van der Waals surface area contributed by atoms with Gasteiger partial charge in [0.1, 0.15) is 0 Å². The van der Waals surface area contributed by atoms with E-state index in [9.17, 15) is 9.59 Å². The summed E-state index contributed by atoms with van der Waals surface area (Å²) >= 11 is 0. The standard InChI is InChI=1S/C18H20N4O2/c1-10-16(11(2)20-18(24)19-10)17(23)22-8-7-13-12-5-3-4-6-14(12)21-15(13)9-22/h3-6,10,21H,7-9H2,1-2H3,(H2,19,20,24)/t10-/m1/s1. The van der Waals surface area contributed by atoms with Crippen molar-refractivity contribution in [2.24, 2.45) is 0 Å². The van der Waals surface area contributed by atoms with Gasteiger partial charge in [0.25, 0.3) is 5.91 Å². The first kappa shape index (κ1) is 14.8. The minimum absolute atomic E-state index is 0.0168. The molecule has 3 heterocycles. The van der Waals surface area contributed by atoms with E-state index in [0.29, 0.717) is 24.4 Å². The molecule has 1 atom stereocenters. The summed E-state index contributed by atoms with van der Waals surface area (Å²) < 4.78 is 0. The third-order valence-electron chi connectivity index (χ3n) is 4.89. The quantitative estimate of drug-likeness (QED) is 0.750. The highest BCUT2D eigenvalue weighted by molar-refractivity contribution is 5.98. The van der Waals surface area contributed by atoms with Crippen molar-refractivity contribution in [3.05, 3.63) is 46.8 Å². The fraction of sp³-hybridized carbons (Fsp3) is 0.333. The zero-order valence-electron chi connectivity index (χ0n) is 13.8. The number of nitrogens with zero attached hydrogens (tertiary/aromatic N) is 1. The molecule has 6 heteroatoms. The normalized spacial score (nSPS) is 20.7. The average Bonchev–Trinajstić information content (AvgIpc) is 2.91. The van der Waals surface area contributed by atoms with Crippen LogP contribution in [0.15, 0.2) is 35.5 Å². The molecule has 24 heavy (non-hydrogen) atoms. The topological polar surface area (TPSA) is 77.2 Å². The van der Waals surface area contributed by atoms with Gasteiger partial charge in [-0.05, 0) is 31.9 Å². The minimum atomic E-state index is -0.282. The molecule has 1 aromatic heterocycles. The van der Waals surface area contributed by atoms with Crippen LogP contribution in [0.1, 0.15) is 25.1 Å². The Labute approximate surface area is 139 Å².